The first-order valence-electron chi connectivity index (χ1n) is 10.5. The Hall–Kier alpha value is -3.13. The number of aromatic nitrogens is 4. The summed E-state index contributed by atoms with van der Waals surface area (Å²) in [5.74, 6) is 2.75. The van der Waals surface area contributed by atoms with Gasteiger partial charge in [-0.3, -0.25) is 0 Å². The smallest absolute Gasteiger partial charge is 0.113 e. The van der Waals surface area contributed by atoms with Gasteiger partial charge in [0, 0.05) is 18.9 Å². The molecule has 4 aromatic rings. The van der Waals surface area contributed by atoms with Crippen molar-refractivity contribution in [2.45, 2.75) is 58.5 Å². The normalized spacial score (nSPS) is 14.0. The maximum atomic E-state index is 9.25. The molecule has 5 nitrogen and oxygen atoms in total. The Morgan fingerprint density at radius 3 is 2.72 bits per heavy atom. The van der Waals surface area contributed by atoms with Crippen LogP contribution in [-0.4, -0.2) is 19.1 Å². The van der Waals surface area contributed by atoms with Gasteiger partial charge in [-0.15, -0.1) is 0 Å². The highest BCUT2D eigenvalue weighted by molar-refractivity contribution is 5.80. The molecule has 5 rings (SSSR count). The summed E-state index contributed by atoms with van der Waals surface area (Å²) in [6.07, 6.45) is 4.41. The van der Waals surface area contributed by atoms with Gasteiger partial charge in [0.25, 0.3) is 0 Å². The molecule has 0 atom stereocenters. The molecule has 0 spiro atoms. The van der Waals surface area contributed by atoms with Crippen LogP contribution in [0.5, 0.6) is 0 Å². The molecule has 2 aromatic heterocycles. The first kappa shape index (κ1) is 17.9. The van der Waals surface area contributed by atoms with Crippen molar-refractivity contribution >= 4 is 22.1 Å². The molecule has 0 amide bonds. The van der Waals surface area contributed by atoms with Crippen molar-refractivity contribution in [1.29, 1.82) is 5.26 Å². The molecule has 0 radical (unpaired) electrons. The SMILES string of the molecule is CCCc1nc2c(C)cccc2n1Cc1ccc2c(c1)nc(C1CC1)n2CC#N. The van der Waals surface area contributed by atoms with Gasteiger partial charge in [-0.1, -0.05) is 25.1 Å². The van der Waals surface area contributed by atoms with Gasteiger partial charge in [-0.05, 0) is 55.5 Å². The van der Waals surface area contributed by atoms with E-state index in [2.05, 4.69) is 65.4 Å². The monoisotopic (exact) mass is 383 g/mol. The summed E-state index contributed by atoms with van der Waals surface area (Å²) in [6.45, 7) is 5.48. The largest absolute Gasteiger partial charge is 0.323 e. The van der Waals surface area contributed by atoms with Gasteiger partial charge in [0.05, 0.1) is 28.1 Å². The van der Waals surface area contributed by atoms with Crippen molar-refractivity contribution in [3.05, 3.63) is 59.2 Å². The number of benzene rings is 2. The van der Waals surface area contributed by atoms with Crippen LogP contribution in [0.1, 0.15) is 54.9 Å². The van der Waals surface area contributed by atoms with E-state index in [1.54, 1.807) is 0 Å². The fourth-order valence-electron chi connectivity index (χ4n) is 4.29. The fourth-order valence-corrected chi connectivity index (χ4v) is 4.29. The zero-order chi connectivity index (χ0) is 20.0. The molecule has 0 saturated heterocycles. The minimum atomic E-state index is 0.369. The molecule has 1 aliphatic carbocycles. The number of imidazole rings is 2. The van der Waals surface area contributed by atoms with Gasteiger partial charge < -0.3 is 9.13 Å². The van der Waals surface area contributed by atoms with Crippen molar-refractivity contribution in [2.24, 2.45) is 0 Å². The highest BCUT2D eigenvalue weighted by Crippen LogP contribution is 2.40. The Balaban J connectivity index is 1.58. The number of fused-ring (bicyclic) bond motifs is 2. The van der Waals surface area contributed by atoms with E-state index in [-0.39, 0.29) is 0 Å². The summed E-state index contributed by atoms with van der Waals surface area (Å²) in [5, 5.41) is 9.25. The number of hydrogen-bond acceptors (Lipinski definition) is 3. The lowest BCUT2D eigenvalue weighted by atomic mass is 10.1. The Kier molecular flexibility index (Phi) is 4.35. The first-order valence-corrected chi connectivity index (χ1v) is 10.5. The molecule has 2 heterocycles. The van der Waals surface area contributed by atoms with E-state index >= 15 is 0 Å². The molecular formula is C24H25N5. The molecule has 0 unspecified atom stereocenters. The molecule has 1 aliphatic rings. The number of para-hydroxylation sites is 1. The van der Waals surface area contributed by atoms with Crippen LogP contribution in [-0.2, 0) is 19.5 Å². The molecule has 2 aromatic carbocycles. The minimum absolute atomic E-state index is 0.369. The molecule has 0 aliphatic heterocycles. The van der Waals surface area contributed by atoms with Gasteiger partial charge in [-0.25, -0.2) is 9.97 Å². The van der Waals surface area contributed by atoms with Crippen LogP contribution in [0.4, 0.5) is 0 Å². The third-order valence-electron chi connectivity index (χ3n) is 5.89. The summed E-state index contributed by atoms with van der Waals surface area (Å²) < 4.78 is 4.44. The van der Waals surface area contributed by atoms with E-state index in [1.807, 2.05) is 0 Å². The van der Waals surface area contributed by atoms with E-state index in [4.69, 9.17) is 9.97 Å². The summed E-state index contributed by atoms with van der Waals surface area (Å²) in [6, 6.07) is 15.2. The Labute approximate surface area is 170 Å². The molecule has 146 valence electrons. The molecule has 29 heavy (non-hydrogen) atoms. The quantitative estimate of drug-likeness (QED) is 0.466. The summed E-state index contributed by atoms with van der Waals surface area (Å²) >= 11 is 0. The van der Waals surface area contributed by atoms with Crippen LogP contribution in [0.2, 0.25) is 0 Å². The number of hydrogen-bond donors (Lipinski definition) is 0. The lowest BCUT2D eigenvalue weighted by Crippen LogP contribution is -2.05. The molecule has 0 N–H and O–H groups in total. The van der Waals surface area contributed by atoms with Crippen molar-refractivity contribution in [3.8, 4) is 6.07 Å². The fraction of sp³-hybridized carbons (Fsp3) is 0.375. The lowest BCUT2D eigenvalue weighted by molar-refractivity contribution is 0.722. The van der Waals surface area contributed by atoms with E-state index < -0.39 is 0 Å². The standard InChI is InChI=1S/C24H25N5/c1-3-5-22-27-23-16(2)6-4-7-21(23)29(22)15-17-8-11-20-19(14-17)26-24(18-9-10-18)28(20)13-12-25/h4,6-8,11,14,18H,3,5,9-10,13,15H2,1-2H3. The van der Waals surface area contributed by atoms with Crippen molar-refractivity contribution in [2.75, 3.05) is 0 Å². The zero-order valence-electron chi connectivity index (χ0n) is 17.0. The third kappa shape index (κ3) is 3.09. The van der Waals surface area contributed by atoms with E-state index in [9.17, 15) is 5.26 Å². The second kappa shape index (κ2) is 7.04. The molecule has 5 heteroatoms. The van der Waals surface area contributed by atoms with Crippen molar-refractivity contribution in [1.82, 2.24) is 19.1 Å². The average molecular weight is 383 g/mol. The highest BCUT2D eigenvalue weighted by Gasteiger charge is 2.29. The van der Waals surface area contributed by atoms with E-state index in [1.165, 1.54) is 29.5 Å². The highest BCUT2D eigenvalue weighted by atomic mass is 15.1. The molecular weight excluding hydrogens is 358 g/mol. The van der Waals surface area contributed by atoms with Crippen LogP contribution in [0.15, 0.2) is 36.4 Å². The Bertz CT molecular complexity index is 1250. The van der Waals surface area contributed by atoms with Crippen molar-refractivity contribution < 1.29 is 0 Å². The minimum Gasteiger partial charge on any atom is -0.323 e. The van der Waals surface area contributed by atoms with E-state index in [0.29, 0.717) is 12.5 Å². The van der Waals surface area contributed by atoms with Crippen LogP contribution < -0.4 is 0 Å². The van der Waals surface area contributed by atoms with Crippen LogP contribution in [0.3, 0.4) is 0 Å². The van der Waals surface area contributed by atoms with Gasteiger partial charge in [0.2, 0.25) is 0 Å². The van der Waals surface area contributed by atoms with Crippen LogP contribution in [0, 0.1) is 18.3 Å². The molecule has 1 fully saturated rings. The maximum absolute atomic E-state index is 9.25. The molecule has 0 bridgehead atoms. The van der Waals surface area contributed by atoms with Crippen LogP contribution >= 0.6 is 0 Å². The summed E-state index contributed by atoms with van der Waals surface area (Å²) in [4.78, 5) is 9.85. The second-order valence-electron chi connectivity index (χ2n) is 8.12. The van der Waals surface area contributed by atoms with Gasteiger partial charge in [-0.2, -0.15) is 5.26 Å². The summed E-state index contributed by atoms with van der Waals surface area (Å²) in [7, 11) is 0. The summed E-state index contributed by atoms with van der Waals surface area (Å²) in [5.41, 5.74) is 6.81. The Morgan fingerprint density at radius 1 is 1.10 bits per heavy atom. The third-order valence-corrected chi connectivity index (χ3v) is 5.89. The maximum Gasteiger partial charge on any atom is 0.113 e. The molecule has 1 saturated carbocycles. The average Bonchev–Trinajstić information content (AvgIpc) is 3.42. The lowest BCUT2D eigenvalue weighted by Gasteiger charge is -2.10. The predicted octanol–water partition coefficient (Wildman–Crippen LogP) is 5.10. The van der Waals surface area contributed by atoms with Crippen LogP contribution in [0.25, 0.3) is 22.1 Å². The van der Waals surface area contributed by atoms with Gasteiger partial charge in [0.15, 0.2) is 0 Å². The van der Waals surface area contributed by atoms with Gasteiger partial charge in [0.1, 0.15) is 18.2 Å². The number of nitrogens with zero attached hydrogens (tertiary/aromatic N) is 5. The second-order valence-corrected chi connectivity index (χ2v) is 8.12. The van der Waals surface area contributed by atoms with Crippen molar-refractivity contribution in [3.63, 3.8) is 0 Å². The Morgan fingerprint density at radius 2 is 1.97 bits per heavy atom. The number of aryl methyl sites for hydroxylation is 2. The zero-order valence-corrected chi connectivity index (χ0v) is 17.0. The predicted molar refractivity (Wildman–Crippen MR) is 115 cm³/mol. The first-order chi connectivity index (χ1) is 14.2. The number of nitriles is 1. The number of rotatable bonds is 6. The topological polar surface area (TPSA) is 59.4 Å². The van der Waals surface area contributed by atoms with E-state index in [0.717, 1.165) is 47.6 Å². The van der Waals surface area contributed by atoms with Gasteiger partial charge >= 0.3 is 0 Å².